The summed E-state index contributed by atoms with van der Waals surface area (Å²) in [6.45, 7) is 7.87. The van der Waals surface area contributed by atoms with E-state index in [9.17, 15) is 0 Å². The average Bonchev–Trinajstić information content (AvgIpc) is 3.07. The minimum absolute atomic E-state index is 0. The van der Waals surface area contributed by atoms with Gasteiger partial charge in [0.15, 0.2) is 15.7 Å². The summed E-state index contributed by atoms with van der Waals surface area (Å²) in [6.07, 6.45) is 2.00. The number of fused-ring (bicyclic) bond motifs is 2. The fourth-order valence-corrected chi connectivity index (χ4v) is 4.80. The second kappa shape index (κ2) is 7.63. The van der Waals surface area contributed by atoms with E-state index in [0.29, 0.717) is 12.2 Å². The number of aromatic nitrogens is 3. The minimum Gasteiger partial charge on any atom is -0.371 e. The largest absolute Gasteiger partial charge is 0.371 e. The second-order valence-electron chi connectivity index (χ2n) is 5.10. The van der Waals surface area contributed by atoms with Crippen LogP contribution in [-0.4, -0.2) is 39.8 Å². The molecular weight excluding hydrogens is 444 g/mol. The van der Waals surface area contributed by atoms with E-state index >= 15 is 0 Å². The summed E-state index contributed by atoms with van der Waals surface area (Å²) < 4.78 is 9.34. The zero-order chi connectivity index (χ0) is 15.9. The van der Waals surface area contributed by atoms with Crippen molar-refractivity contribution in [2.24, 2.45) is 0 Å². The van der Waals surface area contributed by atoms with Gasteiger partial charge in [0, 0.05) is 24.9 Å². The number of morpholine rings is 1. The highest BCUT2D eigenvalue weighted by Crippen LogP contribution is 2.34. The van der Waals surface area contributed by atoms with Crippen LogP contribution in [0.2, 0.25) is 0 Å². The molecule has 8 heteroatoms. The van der Waals surface area contributed by atoms with Gasteiger partial charge in [-0.3, -0.25) is 4.57 Å². The van der Waals surface area contributed by atoms with Crippen LogP contribution < -0.4 is 4.90 Å². The SMILES string of the molecule is C.CC.Cc1nc(Br)n(-c2csc(N3CC4CC(C3)O4)n2)c1Br. The maximum Gasteiger partial charge on any atom is 0.187 e. The average molecular weight is 466 g/mol. The smallest absolute Gasteiger partial charge is 0.187 e. The van der Waals surface area contributed by atoms with Crippen molar-refractivity contribution in [3.8, 4) is 5.82 Å². The monoisotopic (exact) mass is 464 g/mol. The number of hydrogen-bond acceptors (Lipinski definition) is 5. The van der Waals surface area contributed by atoms with Crippen LogP contribution in [0.25, 0.3) is 5.82 Å². The second-order valence-corrected chi connectivity index (χ2v) is 7.40. The molecule has 5 heterocycles. The molecule has 2 unspecified atom stereocenters. The van der Waals surface area contributed by atoms with Gasteiger partial charge in [-0.25, -0.2) is 9.97 Å². The molecule has 0 aromatic carbocycles. The Kier molecular flexibility index (Phi) is 6.27. The molecule has 0 saturated carbocycles. The highest BCUT2D eigenvalue weighted by atomic mass is 79.9. The number of thiazole rings is 1. The third-order valence-corrected chi connectivity index (χ3v) is 6.03. The van der Waals surface area contributed by atoms with Gasteiger partial charge in [0.1, 0.15) is 4.60 Å². The molecule has 2 aromatic heterocycles. The van der Waals surface area contributed by atoms with Gasteiger partial charge in [-0.1, -0.05) is 21.3 Å². The Morgan fingerprint density at radius 1 is 1.22 bits per heavy atom. The van der Waals surface area contributed by atoms with E-state index in [0.717, 1.165) is 39.1 Å². The molecule has 5 rings (SSSR count). The molecule has 0 aliphatic carbocycles. The topological polar surface area (TPSA) is 43.2 Å². The first-order valence-electron chi connectivity index (χ1n) is 7.38. The third-order valence-electron chi connectivity index (χ3n) is 3.68. The molecular formula is C15H22Br2N4OS. The summed E-state index contributed by atoms with van der Waals surface area (Å²) in [5, 5.41) is 3.12. The molecule has 3 saturated heterocycles. The number of hydrogen-bond donors (Lipinski definition) is 0. The zero-order valence-electron chi connectivity index (χ0n) is 12.7. The Morgan fingerprint density at radius 2 is 1.83 bits per heavy atom. The Labute approximate surface area is 158 Å². The first-order chi connectivity index (χ1) is 10.6. The summed E-state index contributed by atoms with van der Waals surface area (Å²) >= 11 is 8.71. The molecule has 3 aliphatic heterocycles. The molecule has 0 N–H and O–H groups in total. The van der Waals surface area contributed by atoms with Crippen LogP contribution in [0.1, 0.15) is 33.4 Å². The molecule has 0 amide bonds. The van der Waals surface area contributed by atoms with Gasteiger partial charge >= 0.3 is 0 Å². The first-order valence-corrected chi connectivity index (χ1v) is 9.85. The van der Waals surface area contributed by atoms with E-state index in [1.165, 1.54) is 6.42 Å². The molecule has 23 heavy (non-hydrogen) atoms. The van der Waals surface area contributed by atoms with E-state index in [2.05, 4.69) is 47.1 Å². The highest BCUT2D eigenvalue weighted by Gasteiger charge is 2.39. The summed E-state index contributed by atoms with van der Waals surface area (Å²) in [4.78, 5) is 11.5. The molecule has 2 bridgehead atoms. The first kappa shape index (κ1) is 18.9. The van der Waals surface area contributed by atoms with Crippen LogP contribution in [0.15, 0.2) is 14.7 Å². The predicted molar refractivity (Wildman–Crippen MR) is 103 cm³/mol. The van der Waals surface area contributed by atoms with Crippen molar-refractivity contribution < 1.29 is 4.74 Å². The molecule has 2 aromatic rings. The van der Waals surface area contributed by atoms with Gasteiger partial charge in [-0.2, -0.15) is 0 Å². The quantitative estimate of drug-likeness (QED) is 0.638. The van der Waals surface area contributed by atoms with Crippen molar-refractivity contribution in [3.63, 3.8) is 0 Å². The standard InChI is InChI=1S/C12H12Br2N4OS.C2H6.CH4/c1-6-10(13)18(11(14)15-6)9-5-20-12(16-9)17-3-7-2-8(4-17)19-7;1-2;/h5,7-8H,2-4H2,1H3;1-2H3;1H4. The van der Waals surface area contributed by atoms with E-state index in [-0.39, 0.29) is 7.43 Å². The Balaban J connectivity index is 0.000000617. The van der Waals surface area contributed by atoms with Gasteiger partial charge in [0.05, 0.1) is 17.9 Å². The normalized spacial score (nSPS) is 21.9. The van der Waals surface area contributed by atoms with Gasteiger partial charge in [0.2, 0.25) is 0 Å². The van der Waals surface area contributed by atoms with Crippen LogP contribution >= 0.6 is 43.2 Å². The predicted octanol–water partition coefficient (Wildman–Crippen LogP) is 4.80. The third kappa shape index (κ3) is 3.50. The zero-order valence-corrected chi connectivity index (χ0v) is 16.7. The molecule has 2 atom stereocenters. The molecule has 0 spiro atoms. The van der Waals surface area contributed by atoms with Crippen LogP contribution in [0.3, 0.4) is 0 Å². The van der Waals surface area contributed by atoms with Crippen molar-refractivity contribution in [1.82, 2.24) is 14.5 Å². The lowest BCUT2D eigenvalue weighted by Gasteiger charge is -2.46. The minimum atomic E-state index is 0. The Morgan fingerprint density at radius 3 is 2.35 bits per heavy atom. The van der Waals surface area contributed by atoms with E-state index in [1.807, 2.05) is 25.3 Å². The number of imidazole rings is 1. The van der Waals surface area contributed by atoms with E-state index in [4.69, 9.17) is 9.72 Å². The maximum atomic E-state index is 5.66. The number of ether oxygens (including phenoxy) is 1. The summed E-state index contributed by atoms with van der Waals surface area (Å²) in [7, 11) is 0. The van der Waals surface area contributed by atoms with Crippen molar-refractivity contribution >= 4 is 48.3 Å². The maximum absolute atomic E-state index is 5.66. The van der Waals surface area contributed by atoms with Crippen molar-refractivity contribution in [3.05, 3.63) is 20.4 Å². The number of nitrogens with zero attached hydrogens (tertiary/aromatic N) is 4. The van der Waals surface area contributed by atoms with Crippen molar-refractivity contribution in [2.75, 3.05) is 18.0 Å². The van der Waals surface area contributed by atoms with Crippen LogP contribution in [0, 0.1) is 6.92 Å². The van der Waals surface area contributed by atoms with Crippen molar-refractivity contribution in [2.45, 2.75) is 46.8 Å². The summed E-state index contributed by atoms with van der Waals surface area (Å²) in [5.74, 6) is 0.893. The number of anilines is 1. The lowest BCUT2D eigenvalue weighted by molar-refractivity contribution is -0.133. The van der Waals surface area contributed by atoms with E-state index in [1.54, 1.807) is 11.3 Å². The number of piperidine rings is 1. The number of aryl methyl sites for hydroxylation is 1. The van der Waals surface area contributed by atoms with Gasteiger partial charge < -0.3 is 9.64 Å². The molecule has 3 fully saturated rings. The number of halogens is 2. The number of rotatable bonds is 2. The van der Waals surface area contributed by atoms with Gasteiger partial charge in [-0.05, 0) is 38.8 Å². The highest BCUT2D eigenvalue weighted by molar-refractivity contribution is 9.11. The Bertz CT molecular complexity index is 656. The molecule has 3 aliphatic rings. The summed E-state index contributed by atoms with van der Waals surface area (Å²) in [5.41, 5.74) is 0.944. The lowest BCUT2D eigenvalue weighted by Crippen LogP contribution is -2.57. The molecule has 128 valence electrons. The fourth-order valence-electron chi connectivity index (χ4n) is 2.69. The fraction of sp³-hybridized carbons (Fsp3) is 0.600. The van der Waals surface area contributed by atoms with Crippen LogP contribution in [0.4, 0.5) is 5.13 Å². The lowest BCUT2D eigenvalue weighted by atomic mass is 9.99. The summed E-state index contributed by atoms with van der Waals surface area (Å²) in [6, 6.07) is 0. The molecule has 5 nitrogen and oxygen atoms in total. The van der Waals surface area contributed by atoms with Gasteiger partial charge in [-0.15, -0.1) is 11.3 Å². The van der Waals surface area contributed by atoms with E-state index < -0.39 is 0 Å². The molecule has 0 radical (unpaired) electrons. The van der Waals surface area contributed by atoms with Gasteiger partial charge in [0.25, 0.3) is 0 Å². The Hall–Kier alpha value is -0.440. The van der Waals surface area contributed by atoms with Crippen molar-refractivity contribution in [1.29, 1.82) is 0 Å². The van der Waals surface area contributed by atoms with Crippen LogP contribution in [-0.2, 0) is 4.74 Å². The van der Waals surface area contributed by atoms with Crippen LogP contribution in [0.5, 0.6) is 0 Å².